The van der Waals surface area contributed by atoms with Gasteiger partial charge in [0, 0.05) is 37.4 Å². The second-order valence-electron chi connectivity index (χ2n) is 6.40. The zero-order valence-corrected chi connectivity index (χ0v) is 11.4. The van der Waals surface area contributed by atoms with Crippen LogP contribution in [0.1, 0.15) is 32.4 Å². The van der Waals surface area contributed by atoms with Gasteiger partial charge < -0.3 is 5.32 Å². The van der Waals surface area contributed by atoms with E-state index in [2.05, 4.69) is 41.2 Å². The molecule has 0 bridgehead atoms. The number of aromatic nitrogens is 1. The lowest BCUT2D eigenvalue weighted by atomic mass is 9.96. The molecule has 1 N–H and O–H groups in total. The molecule has 1 saturated heterocycles. The van der Waals surface area contributed by atoms with Gasteiger partial charge in [-0.1, -0.05) is 6.07 Å². The van der Waals surface area contributed by atoms with Crippen LogP contribution in [-0.4, -0.2) is 34.6 Å². The summed E-state index contributed by atoms with van der Waals surface area (Å²) < 4.78 is 0. The van der Waals surface area contributed by atoms with Crippen molar-refractivity contribution in [2.24, 2.45) is 5.92 Å². The van der Waals surface area contributed by atoms with Gasteiger partial charge in [0.1, 0.15) is 0 Å². The predicted molar refractivity (Wildman–Crippen MR) is 73.2 cm³/mol. The molecule has 98 valence electrons. The summed E-state index contributed by atoms with van der Waals surface area (Å²) in [5, 5.41) is 3.68. The standard InChI is InChI=1S/C15H23N3/c1-15(2)11-18(10-13-5-3-4-8-16-13)14(9-17-15)12-6-7-12/h3-5,8,12,14,17H,6-7,9-11H2,1-2H3. The molecule has 1 atom stereocenters. The van der Waals surface area contributed by atoms with Gasteiger partial charge in [-0.3, -0.25) is 9.88 Å². The largest absolute Gasteiger partial charge is 0.309 e. The lowest BCUT2D eigenvalue weighted by Crippen LogP contribution is -2.61. The molecule has 1 aliphatic heterocycles. The fraction of sp³-hybridized carbons (Fsp3) is 0.667. The van der Waals surface area contributed by atoms with Crippen LogP contribution >= 0.6 is 0 Å². The van der Waals surface area contributed by atoms with Crippen molar-refractivity contribution in [2.75, 3.05) is 13.1 Å². The monoisotopic (exact) mass is 245 g/mol. The SMILES string of the molecule is CC1(C)CN(Cc2ccccn2)C(C2CC2)CN1. The van der Waals surface area contributed by atoms with Gasteiger partial charge in [-0.2, -0.15) is 0 Å². The fourth-order valence-corrected chi connectivity index (χ4v) is 3.01. The number of hydrogen-bond donors (Lipinski definition) is 1. The third kappa shape index (κ3) is 2.73. The molecule has 1 aliphatic carbocycles. The van der Waals surface area contributed by atoms with E-state index in [9.17, 15) is 0 Å². The van der Waals surface area contributed by atoms with Crippen LogP contribution < -0.4 is 5.32 Å². The molecule has 0 spiro atoms. The van der Waals surface area contributed by atoms with E-state index in [1.54, 1.807) is 0 Å². The van der Waals surface area contributed by atoms with Crippen LogP contribution in [0.2, 0.25) is 0 Å². The van der Waals surface area contributed by atoms with E-state index in [0.29, 0.717) is 6.04 Å². The van der Waals surface area contributed by atoms with Gasteiger partial charge in [-0.05, 0) is 44.7 Å². The highest BCUT2D eigenvalue weighted by molar-refractivity contribution is 5.06. The van der Waals surface area contributed by atoms with E-state index < -0.39 is 0 Å². The lowest BCUT2D eigenvalue weighted by molar-refractivity contribution is 0.0748. The average molecular weight is 245 g/mol. The van der Waals surface area contributed by atoms with Crippen LogP contribution in [-0.2, 0) is 6.54 Å². The Morgan fingerprint density at radius 2 is 2.22 bits per heavy atom. The van der Waals surface area contributed by atoms with Crippen molar-refractivity contribution in [3.63, 3.8) is 0 Å². The van der Waals surface area contributed by atoms with Crippen LogP contribution in [0.3, 0.4) is 0 Å². The minimum absolute atomic E-state index is 0.222. The Bertz CT molecular complexity index is 397. The highest BCUT2D eigenvalue weighted by Crippen LogP contribution is 2.37. The van der Waals surface area contributed by atoms with Crippen molar-refractivity contribution in [1.29, 1.82) is 0 Å². The fourth-order valence-electron chi connectivity index (χ4n) is 3.01. The van der Waals surface area contributed by atoms with Gasteiger partial charge in [0.2, 0.25) is 0 Å². The number of rotatable bonds is 3. The first-order valence-corrected chi connectivity index (χ1v) is 7.03. The van der Waals surface area contributed by atoms with Gasteiger partial charge in [0.25, 0.3) is 0 Å². The summed E-state index contributed by atoms with van der Waals surface area (Å²) in [5.74, 6) is 0.914. The zero-order valence-electron chi connectivity index (χ0n) is 11.4. The van der Waals surface area contributed by atoms with Crippen LogP contribution in [0.5, 0.6) is 0 Å². The molecule has 3 rings (SSSR count). The maximum Gasteiger partial charge on any atom is 0.0544 e. The molecule has 2 aliphatic rings. The molecular formula is C15H23N3. The Balaban J connectivity index is 1.73. The minimum atomic E-state index is 0.222. The van der Waals surface area contributed by atoms with Gasteiger partial charge in [0.15, 0.2) is 0 Å². The summed E-state index contributed by atoms with van der Waals surface area (Å²) in [4.78, 5) is 7.11. The smallest absolute Gasteiger partial charge is 0.0544 e. The molecule has 18 heavy (non-hydrogen) atoms. The van der Waals surface area contributed by atoms with Crippen LogP contribution in [0.25, 0.3) is 0 Å². The molecule has 1 aromatic heterocycles. The Morgan fingerprint density at radius 3 is 2.89 bits per heavy atom. The van der Waals surface area contributed by atoms with E-state index in [1.165, 1.54) is 18.5 Å². The highest BCUT2D eigenvalue weighted by Gasteiger charge is 2.40. The highest BCUT2D eigenvalue weighted by atomic mass is 15.3. The van der Waals surface area contributed by atoms with Gasteiger partial charge in [-0.15, -0.1) is 0 Å². The number of piperazine rings is 1. The van der Waals surface area contributed by atoms with Crippen LogP contribution in [0.4, 0.5) is 0 Å². The van der Waals surface area contributed by atoms with Crippen molar-refractivity contribution in [1.82, 2.24) is 15.2 Å². The molecule has 2 heterocycles. The Labute approximate surface area is 110 Å². The Hall–Kier alpha value is -0.930. The average Bonchev–Trinajstić information content (AvgIpc) is 3.13. The number of nitrogens with one attached hydrogen (secondary N) is 1. The molecule has 3 nitrogen and oxygen atoms in total. The predicted octanol–water partition coefficient (Wildman–Crippen LogP) is 2.04. The zero-order chi connectivity index (χ0) is 12.6. The third-order valence-electron chi connectivity index (χ3n) is 4.11. The van der Waals surface area contributed by atoms with Gasteiger partial charge in [0.05, 0.1) is 5.69 Å². The molecule has 1 saturated carbocycles. The molecule has 3 heteroatoms. The van der Waals surface area contributed by atoms with Crippen molar-refractivity contribution in [3.05, 3.63) is 30.1 Å². The molecule has 1 unspecified atom stereocenters. The minimum Gasteiger partial charge on any atom is -0.309 e. The number of pyridine rings is 1. The maximum absolute atomic E-state index is 4.47. The first-order chi connectivity index (χ1) is 8.64. The van der Waals surface area contributed by atoms with Crippen molar-refractivity contribution >= 4 is 0 Å². The molecule has 0 aromatic carbocycles. The topological polar surface area (TPSA) is 28.2 Å². The normalized spacial score (nSPS) is 28.2. The summed E-state index contributed by atoms with van der Waals surface area (Å²) >= 11 is 0. The van der Waals surface area contributed by atoms with Crippen LogP contribution in [0, 0.1) is 5.92 Å². The summed E-state index contributed by atoms with van der Waals surface area (Å²) in [6.07, 6.45) is 4.71. The number of hydrogen-bond acceptors (Lipinski definition) is 3. The van der Waals surface area contributed by atoms with E-state index in [0.717, 1.165) is 25.6 Å². The first-order valence-electron chi connectivity index (χ1n) is 7.03. The molecular weight excluding hydrogens is 222 g/mol. The van der Waals surface area contributed by atoms with Crippen molar-refractivity contribution in [2.45, 2.75) is 44.8 Å². The second-order valence-corrected chi connectivity index (χ2v) is 6.40. The number of nitrogens with zero attached hydrogens (tertiary/aromatic N) is 2. The first kappa shape index (κ1) is 12.1. The second kappa shape index (κ2) is 4.63. The van der Waals surface area contributed by atoms with Gasteiger partial charge in [-0.25, -0.2) is 0 Å². The molecule has 0 amide bonds. The van der Waals surface area contributed by atoms with Crippen molar-refractivity contribution in [3.8, 4) is 0 Å². The Kier molecular flexibility index (Phi) is 3.12. The third-order valence-corrected chi connectivity index (χ3v) is 4.11. The van der Waals surface area contributed by atoms with E-state index >= 15 is 0 Å². The lowest BCUT2D eigenvalue weighted by Gasteiger charge is -2.44. The molecule has 0 radical (unpaired) electrons. The summed E-state index contributed by atoms with van der Waals surface area (Å²) in [7, 11) is 0. The van der Waals surface area contributed by atoms with Crippen LogP contribution in [0.15, 0.2) is 24.4 Å². The Morgan fingerprint density at radius 1 is 1.39 bits per heavy atom. The van der Waals surface area contributed by atoms with E-state index in [1.807, 2.05) is 12.3 Å². The summed E-state index contributed by atoms with van der Waals surface area (Å²) in [6.45, 7) is 7.82. The quantitative estimate of drug-likeness (QED) is 0.883. The summed E-state index contributed by atoms with van der Waals surface area (Å²) in [6, 6.07) is 6.92. The van der Waals surface area contributed by atoms with Gasteiger partial charge >= 0.3 is 0 Å². The van der Waals surface area contributed by atoms with E-state index in [4.69, 9.17) is 0 Å². The molecule has 2 fully saturated rings. The summed E-state index contributed by atoms with van der Waals surface area (Å²) in [5.41, 5.74) is 1.42. The molecule has 1 aromatic rings. The van der Waals surface area contributed by atoms with E-state index in [-0.39, 0.29) is 5.54 Å². The van der Waals surface area contributed by atoms with Crippen molar-refractivity contribution < 1.29 is 0 Å². The maximum atomic E-state index is 4.47.